The van der Waals surface area contributed by atoms with Crippen molar-refractivity contribution in [2.24, 2.45) is 0 Å². The summed E-state index contributed by atoms with van der Waals surface area (Å²) in [7, 11) is 0. The van der Waals surface area contributed by atoms with Gasteiger partial charge in [0.05, 0.1) is 11.6 Å². The van der Waals surface area contributed by atoms with Crippen molar-refractivity contribution >= 4 is 16.8 Å². The fourth-order valence-corrected chi connectivity index (χ4v) is 3.48. The number of benzene rings is 2. The number of hydrogen-bond donors (Lipinski definition) is 0. The minimum absolute atomic E-state index is 0.0313. The topological polar surface area (TPSA) is 33.2 Å². The van der Waals surface area contributed by atoms with Crippen molar-refractivity contribution in [1.29, 1.82) is 0 Å². The van der Waals surface area contributed by atoms with E-state index in [9.17, 15) is 4.79 Å². The molecule has 2 aromatic carbocycles. The second kappa shape index (κ2) is 6.08. The van der Waals surface area contributed by atoms with Crippen LogP contribution >= 0.6 is 0 Å². The number of amides is 1. The van der Waals surface area contributed by atoms with Gasteiger partial charge in [-0.05, 0) is 37.5 Å². The van der Waals surface area contributed by atoms with Crippen LogP contribution in [0.1, 0.15) is 40.5 Å². The zero-order valence-corrected chi connectivity index (χ0v) is 13.8. The molecule has 1 aliphatic rings. The number of carbonyl (C=O) groups excluding carboxylic acids is 1. The van der Waals surface area contributed by atoms with Crippen LogP contribution in [0.4, 0.5) is 0 Å². The maximum absolute atomic E-state index is 13.0. The SMILES string of the molecule is Cc1ccc(C2CCCN2C(=O)c2ccc3ccccc3n2)cc1. The van der Waals surface area contributed by atoms with Gasteiger partial charge in [0.2, 0.25) is 0 Å². The van der Waals surface area contributed by atoms with Gasteiger partial charge >= 0.3 is 0 Å². The number of pyridine rings is 1. The molecular formula is C21H20N2O. The van der Waals surface area contributed by atoms with Crippen molar-refractivity contribution in [1.82, 2.24) is 9.88 Å². The lowest BCUT2D eigenvalue weighted by atomic mass is 10.0. The molecule has 0 bridgehead atoms. The molecule has 0 spiro atoms. The van der Waals surface area contributed by atoms with E-state index in [1.807, 2.05) is 41.3 Å². The largest absolute Gasteiger partial charge is 0.330 e. The first kappa shape index (κ1) is 14.9. The van der Waals surface area contributed by atoms with Crippen molar-refractivity contribution in [2.75, 3.05) is 6.54 Å². The molecule has 0 N–H and O–H groups in total. The minimum Gasteiger partial charge on any atom is -0.330 e. The van der Waals surface area contributed by atoms with Gasteiger partial charge < -0.3 is 4.90 Å². The lowest BCUT2D eigenvalue weighted by Gasteiger charge is -2.25. The Hall–Kier alpha value is -2.68. The molecule has 1 amide bonds. The first-order chi connectivity index (χ1) is 11.7. The van der Waals surface area contributed by atoms with Gasteiger partial charge in [-0.1, -0.05) is 54.1 Å². The van der Waals surface area contributed by atoms with E-state index in [0.717, 1.165) is 30.3 Å². The zero-order valence-electron chi connectivity index (χ0n) is 13.8. The van der Waals surface area contributed by atoms with Crippen molar-refractivity contribution < 1.29 is 4.79 Å². The highest BCUT2D eigenvalue weighted by Gasteiger charge is 2.31. The molecule has 1 saturated heterocycles. The number of para-hydroxylation sites is 1. The first-order valence-electron chi connectivity index (χ1n) is 8.46. The summed E-state index contributed by atoms with van der Waals surface area (Å²) in [5.41, 5.74) is 3.86. The molecule has 120 valence electrons. The van der Waals surface area contributed by atoms with Crippen LogP contribution < -0.4 is 0 Å². The molecule has 4 rings (SSSR count). The lowest BCUT2D eigenvalue weighted by molar-refractivity contribution is 0.0730. The van der Waals surface area contributed by atoms with Gasteiger partial charge in [0, 0.05) is 11.9 Å². The molecule has 1 aromatic heterocycles. The molecule has 0 aliphatic carbocycles. The molecule has 1 fully saturated rings. The van der Waals surface area contributed by atoms with E-state index < -0.39 is 0 Å². The van der Waals surface area contributed by atoms with Crippen LogP contribution in [0.25, 0.3) is 10.9 Å². The summed E-state index contributed by atoms with van der Waals surface area (Å²) in [6.07, 6.45) is 2.06. The smallest absolute Gasteiger partial charge is 0.272 e. The number of fused-ring (bicyclic) bond motifs is 1. The summed E-state index contributed by atoms with van der Waals surface area (Å²) in [6, 6.07) is 20.4. The summed E-state index contributed by atoms with van der Waals surface area (Å²) in [5.74, 6) is 0.0313. The molecule has 0 radical (unpaired) electrons. The van der Waals surface area contributed by atoms with E-state index in [4.69, 9.17) is 0 Å². The van der Waals surface area contributed by atoms with Crippen molar-refractivity contribution in [3.63, 3.8) is 0 Å². The number of likely N-dealkylation sites (tertiary alicyclic amines) is 1. The molecule has 3 nitrogen and oxygen atoms in total. The Morgan fingerprint density at radius 3 is 2.67 bits per heavy atom. The number of rotatable bonds is 2. The highest BCUT2D eigenvalue weighted by atomic mass is 16.2. The van der Waals surface area contributed by atoms with Crippen LogP contribution in [0.15, 0.2) is 60.7 Å². The summed E-state index contributed by atoms with van der Waals surface area (Å²) in [4.78, 5) is 19.5. The molecule has 1 atom stereocenters. The van der Waals surface area contributed by atoms with Gasteiger partial charge in [0.1, 0.15) is 5.69 Å². The number of hydrogen-bond acceptors (Lipinski definition) is 2. The van der Waals surface area contributed by atoms with E-state index in [2.05, 4.69) is 36.2 Å². The Bertz CT molecular complexity index is 886. The quantitative estimate of drug-likeness (QED) is 0.696. The number of carbonyl (C=O) groups is 1. The fraction of sp³-hybridized carbons (Fsp3) is 0.238. The van der Waals surface area contributed by atoms with Crippen LogP contribution in [-0.2, 0) is 0 Å². The molecular weight excluding hydrogens is 296 g/mol. The maximum Gasteiger partial charge on any atom is 0.272 e. The summed E-state index contributed by atoms with van der Waals surface area (Å²) in [6.45, 7) is 2.88. The van der Waals surface area contributed by atoms with Crippen LogP contribution in [0.3, 0.4) is 0 Å². The van der Waals surface area contributed by atoms with Crippen LogP contribution in [-0.4, -0.2) is 22.3 Å². The number of nitrogens with zero attached hydrogens (tertiary/aromatic N) is 2. The average Bonchev–Trinajstić information content (AvgIpc) is 3.11. The number of aryl methyl sites for hydroxylation is 1. The molecule has 3 heteroatoms. The number of aromatic nitrogens is 1. The Labute approximate surface area is 141 Å². The predicted octanol–water partition coefficient (Wildman–Crippen LogP) is 4.52. The molecule has 1 unspecified atom stereocenters. The third-order valence-corrected chi connectivity index (χ3v) is 4.79. The van der Waals surface area contributed by atoms with E-state index in [1.165, 1.54) is 11.1 Å². The van der Waals surface area contributed by atoms with Crippen molar-refractivity contribution in [2.45, 2.75) is 25.8 Å². The van der Waals surface area contributed by atoms with E-state index in [0.29, 0.717) is 5.69 Å². The van der Waals surface area contributed by atoms with Gasteiger partial charge in [-0.2, -0.15) is 0 Å². The zero-order chi connectivity index (χ0) is 16.5. The van der Waals surface area contributed by atoms with Crippen molar-refractivity contribution in [3.8, 4) is 0 Å². The summed E-state index contributed by atoms with van der Waals surface area (Å²) >= 11 is 0. The van der Waals surface area contributed by atoms with Crippen LogP contribution in [0.2, 0.25) is 0 Å². The van der Waals surface area contributed by atoms with Gasteiger partial charge in [0.25, 0.3) is 5.91 Å². The standard InChI is InChI=1S/C21H20N2O/c1-15-8-10-17(11-9-15)20-7-4-14-23(20)21(24)19-13-12-16-5-2-3-6-18(16)22-19/h2-3,5-6,8-13,20H,4,7,14H2,1H3. The molecule has 2 heterocycles. The first-order valence-corrected chi connectivity index (χ1v) is 8.46. The highest BCUT2D eigenvalue weighted by Crippen LogP contribution is 2.33. The fourth-order valence-electron chi connectivity index (χ4n) is 3.48. The van der Waals surface area contributed by atoms with Gasteiger partial charge in [-0.3, -0.25) is 4.79 Å². The third-order valence-electron chi connectivity index (χ3n) is 4.79. The Balaban J connectivity index is 1.65. The second-order valence-corrected chi connectivity index (χ2v) is 6.46. The third kappa shape index (κ3) is 2.67. The predicted molar refractivity (Wildman–Crippen MR) is 95.9 cm³/mol. The molecule has 0 saturated carbocycles. The van der Waals surface area contributed by atoms with Crippen molar-refractivity contribution in [3.05, 3.63) is 77.5 Å². The molecule has 1 aliphatic heterocycles. The van der Waals surface area contributed by atoms with E-state index in [-0.39, 0.29) is 11.9 Å². The Kier molecular flexibility index (Phi) is 3.77. The lowest BCUT2D eigenvalue weighted by Crippen LogP contribution is -2.31. The monoisotopic (exact) mass is 316 g/mol. The second-order valence-electron chi connectivity index (χ2n) is 6.46. The Morgan fingerprint density at radius 1 is 1.04 bits per heavy atom. The average molecular weight is 316 g/mol. The molecule has 3 aromatic rings. The van der Waals surface area contributed by atoms with E-state index >= 15 is 0 Å². The van der Waals surface area contributed by atoms with Crippen LogP contribution in [0, 0.1) is 6.92 Å². The maximum atomic E-state index is 13.0. The van der Waals surface area contributed by atoms with Gasteiger partial charge in [-0.25, -0.2) is 4.98 Å². The van der Waals surface area contributed by atoms with Gasteiger partial charge in [-0.15, -0.1) is 0 Å². The summed E-state index contributed by atoms with van der Waals surface area (Å²) < 4.78 is 0. The van der Waals surface area contributed by atoms with Crippen LogP contribution in [0.5, 0.6) is 0 Å². The van der Waals surface area contributed by atoms with E-state index in [1.54, 1.807) is 0 Å². The van der Waals surface area contributed by atoms with Gasteiger partial charge in [0.15, 0.2) is 0 Å². The summed E-state index contributed by atoms with van der Waals surface area (Å²) in [5, 5.41) is 1.06. The molecule has 24 heavy (non-hydrogen) atoms. The minimum atomic E-state index is 0.0313. The highest BCUT2D eigenvalue weighted by molar-refractivity contribution is 5.95. The Morgan fingerprint density at radius 2 is 1.83 bits per heavy atom. The normalized spacial score (nSPS) is 17.4.